The molecule has 0 aliphatic rings. The lowest BCUT2D eigenvalue weighted by Gasteiger charge is -2.25. The zero-order chi connectivity index (χ0) is 21.2. The van der Waals surface area contributed by atoms with Crippen LogP contribution in [-0.4, -0.2) is 49.5 Å². The number of methoxy groups -OCH3 is 1. The predicted octanol–water partition coefficient (Wildman–Crippen LogP) is 2.27. The number of hydrogen-bond acceptors (Lipinski definition) is 6. The van der Waals surface area contributed by atoms with Gasteiger partial charge in [-0.2, -0.15) is 0 Å². The number of rotatable bonds is 10. The Labute approximate surface area is 174 Å². The van der Waals surface area contributed by atoms with Gasteiger partial charge in [0, 0.05) is 43.8 Å². The van der Waals surface area contributed by atoms with Crippen molar-refractivity contribution >= 4 is 39.9 Å². The van der Waals surface area contributed by atoms with Gasteiger partial charge in [0.1, 0.15) is 6.54 Å². The fraction of sp³-hybridized carbons (Fsp3) is 0.400. The molecule has 2 rings (SSSR count). The lowest BCUT2D eigenvalue weighted by Crippen LogP contribution is -2.42. The molecule has 0 saturated heterocycles. The number of carbonyl (C=O) groups is 3. The second-order valence-corrected chi connectivity index (χ2v) is 7.32. The Kier molecular flexibility index (Phi) is 8.75. The van der Waals surface area contributed by atoms with E-state index in [4.69, 9.17) is 4.74 Å². The molecule has 8 nitrogen and oxygen atoms in total. The van der Waals surface area contributed by atoms with Crippen molar-refractivity contribution in [3.05, 3.63) is 40.9 Å². The molecule has 1 aromatic heterocycles. The van der Waals surface area contributed by atoms with Crippen molar-refractivity contribution in [3.8, 4) is 0 Å². The van der Waals surface area contributed by atoms with Crippen LogP contribution in [0.2, 0.25) is 0 Å². The summed E-state index contributed by atoms with van der Waals surface area (Å²) in [6.07, 6.45) is 1.58. The number of carbonyl (C=O) groups excluding carboxylic acids is 3. The Balaban J connectivity index is 2.06. The van der Waals surface area contributed by atoms with Crippen molar-refractivity contribution in [3.63, 3.8) is 0 Å². The van der Waals surface area contributed by atoms with Gasteiger partial charge in [0.2, 0.25) is 17.7 Å². The molecule has 0 radical (unpaired) electrons. The number of aryl methyl sites for hydroxylation is 1. The molecule has 2 N–H and O–H groups in total. The molecule has 0 saturated carbocycles. The Morgan fingerprint density at radius 3 is 2.66 bits per heavy atom. The molecule has 0 fully saturated rings. The highest BCUT2D eigenvalue weighted by Gasteiger charge is 2.22. The maximum atomic E-state index is 12.9. The number of nitrogens with one attached hydrogen (secondary N) is 2. The zero-order valence-corrected chi connectivity index (χ0v) is 17.7. The van der Waals surface area contributed by atoms with E-state index in [9.17, 15) is 14.4 Å². The van der Waals surface area contributed by atoms with Gasteiger partial charge in [-0.05, 0) is 31.0 Å². The van der Waals surface area contributed by atoms with Crippen LogP contribution >= 0.6 is 11.3 Å². The van der Waals surface area contributed by atoms with Crippen molar-refractivity contribution in [2.75, 3.05) is 37.0 Å². The van der Waals surface area contributed by atoms with E-state index >= 15 is 0 Å². The largest absolute Gasteiger partial charge is 0.383 e. The molecule has 3 amide bonds. The van der Waals surface area contributed by atoms with Crippen LogP contribution in [0.3, 0.4) is 0 Å². The molecule has 0 spiro atoms. The third kappa shape index (κ3) is 6.95. The summed E-state index contributed by atoms with van der Waals surface area (Å²) in [5.41, 5.74) is 2.59. The summed E-state index contributed by atoms with van der Waals surface area (Å²) in [5, 5.41) is 7.63. The van der Waals surface area contributed by atoms with E-state index in [-0.39, 0.29) is 37.1 Å². The summed E-state index contributed by atoms with van der Waals surface area (Å²) in [7, 11) is 1.55. The van der Waals surface area contributed by atoms with Crippen molar-refractivity contribution in [1.29, 1.82) is 0 Å². The van der Waals surface area contributed by atoms with Crippen molar-refractivity contribution in [2.24, 2.45) is 0 Å². The summed E-state index contributed by atoms with van der Waals surface area (Å²) >= 11 is 1.31. The van der Waals surface area contributed by atoms with E-state index in [0.717, 1.165) is 11.1 Å². The summed E-state index contributed by atoms with van der Waals surface area (Å²) in [6.45, 7) is 4.48. The number of ether oxygens (including phenoxy) is 1. The van der Waals surface area contributed by atoms with Crippen LogP contribution in [-0.2, 0) is 19.1 Å². The molecule has 0 bridgehead atoms. The fourth-order valence-electron chi connectivity index (χ4n) is 2.65. The van der Waals surface area contributed by atoms with E-state index in [1.54, 1.807) is 24.8 Å². The van der Waals surface area contributed by atoms with Crippen LogP contribution in [0.5, 0.6) is 0 Å². The number of hydrogen-bond donors (Lipinski definition) is 2. The number of anilines is 2. The summed E-state index contributed by atoms with van der Waals surface area (Å²) in [5.74, 6) is -0.878. The van der Waals surface area contributed by atoms with Gasteiger partial charge in [0.25, 0.3) is 0 Å². The van der Waals surface area contributed by atoms with Crippen LogP contribution in [0, 0.1) is 13.8 Å². The highest BCUT2D eigenvalue weighted by Crippen LogP contribution is 2.23. The third-order valence-corrected chi connectivity index (χ3v) is 5.03. The Morgan fingerprint density at radius 2 is 1.97 bits per heavy atom. The molecule has 1 heterocycles. The first-order valence-corrected chi connectivity index (χ1v) is 10.1. The standard InChI is InChI=1S/C20H26N4O4S/c1-14-5-4-6-16(15(14)2)24(13-18(26)21-9-11-28-3)19(27)8-7-17(25)23-20-22-10-12-29-20/h4-6,10,12H,7-9,11,13H2,1-3H3,(H,21,26)(H,22,23,25). The van der Waals surface area contributed by atoms with Crippen molar-refractivity contribution < 1.29 is 19.1 Å². The van der Waals surface area contributed by atoms with Crippen LogP contribution in [0.15, 0.2) is 29.8 Å². The number of thiazole rings is 1. The maximum absolute atomic E-state index is 12.9. The molecule has 0 unspecified atom stereocenters. The number of nitrogens with zero attached hydrogens (tertiary/aromatic N) is 2. The van der Waals surface area contributed by atoms with Gasteiger partial charge >= 0.3 is 0 Å². The van der Waals surface area contributed by atoms with Gasteiger partial charge in [-0.1, -0.05) is 12.1 Å². The molecule has 29 heavy (non-hydrogen) atoms. The average molecular weight is 419 g/mol. The zero-order valence-electron chi connectivity index (χ0n) is 16.9. The molecule has 1 aromatic carbocycles. The van der Waals surface area contributed by atoms with Crippen molar-refractivity contribution in [1.82, 2.24) is 10.3 Å². The van der Waals surface area contributed by atoms with Gasteiger partial charge in [-0.15, -0.1) is 11.3 Å². The number of aromatic nitrogens is 1. The first-order valence-electron chi connectivity index (χ1n) is 9.24. The normalized spacial score (nSPS) is 10.4. The van der Waals surface area contributed by atoms with Crippen LogP contribution in [0.4, 0.5) is 10.8 Å². The molecule has 0 aliphatic carbocycles. The first kappa shape index (κ1) is 22.5. The topological polar surface area (TPSA) is 101 Å². The van der Waals surface area contributed by atoms with E-state index < -0.39 is 0 Å². The quantitative estimate of drug-likeness (QED) is 0.577. The molecule has 156 valence electrons. The minimum Gasteiger partial charge on any atom is -0.383 e. The summed E-state index contributed by atoms with van der Waals surface area (Å²) < 4.78 is 4.93. The van der Waals surface area contributed by atoms with E-state index in [1.165, 1.54) is 16.2 Å². The Hall–Kier alpha value is -2.78. The van der Waals surface area contributed by atoms with Crippen LogP contribution < -0.4 is 15.5 Å². The Morgan fingerprint density at radius 1 is 1.17 bits per heavy atom. The lowest BCUT2D eigenvalue weighted by atomic mass is 10.1. The fourth-order valence-corrected chi connectivity index (χ4v) is 3.20. The second-order valence-electron chi connectivity index (χ2n) is 6.43. The van der Waals surface area contributed by atoms with E-state index in [1.807, 2.05) is 26.0 Å². The van der Waals surface area contributed by atoms with Gasteiger partial charge in [-0.25, -0.2) is 4.98 Å². The smallest absolute Gasteiger partial charge is 0.240 e. The molecular weight excluding hydrogens is 392 g/mol. The van der Waals surface area contributed by atoms with Gasteiger partial charge < -0.3 is 20.3 Å². The molecule has 2 aromatic rings. The second kappa shape index (κ2) is 11.3. The van der Waals surface area contributed by atoms with E-state index in [2.05, 4.69) is 15.6 Å². The highest BCUT2D eigenvalue weighted by atomic mass is 32.1. The molecular formula is C20H26N4O4S. The third-order valence-electron chi connectivity index (χ3n) is 4.34. The maximum Gasteiger partial charge on any atom is 0.240 e. The molecule has 0 atom stereocenters. The van der Waals surface area contributed by atoms with Gasteiger partial charge in [0.05, 0.1) is 6.61 Å². The molecule has 9 heteroatoms. The van der Waals surface area contributed by atoms with Gasteiger partial charge in [-0.3, -0.25) is 14.4 Å². The minimum atomic E-state index is -0.296. The number of amides is 3. The van der Waals surface area contributed by atoms with Crippen molar-refractivity contribution in [2.45, 2.75) is 26.7 Å². The highest BCUT2D eigenvalue weighted by molar-refractivity contribution is 7.13. The monoisotopic (exact) mass is 418 g/mol. The summed E-state index contributed by atoms with van der Waals surface area (Å²) in [4.78, 5) is 42.7. The average Bonchev–Trinajstić information content (AvgIpc) is 3.20. The first-order chi connectivity index (χ1) is 13.9. The summed E-state index contributed by atoms with van der Waals surface area (Å²) in [6, 6.07) is 5.59. The Bertz CT molecular complexity index is 839. The SMILES string of the molecule is COCCNC(=O)CN(C(=O)CCC(=O)Nc1nccs1)c1cccc(C)c1C. The minimum absolute atomic E-state index is 0.00503. The van der Waals surface area contributed by atoms with Gasteiger partial charge in [0.15, 0.2) is 5.13 Å². The molecule has 0 aliphatic heterocycles. The lowest BCUT2D eigenvalue weighted by molar-refractivity contribution is -0.125. The predicted molar refractivity (Wildman–Crippen MR) is 113 cm³/mol. The van der Waals surface area contributed by atoms with E-state index in [0.29, 0.717) is 24.0 Å². The number of benzene rings is 1. The van der Waals surface area contributed by atoms with Crippen LogP contribution in [0.25, 0.3) is 0 Å². The van der Waals surface area contributed by atoms with Crippen LogP contribution in [0.1, 0.15) is 24.0 Å².